The molecule has 26 heavy (non-hydrogen) atoms. The second kappa shape index (κ2) is 7.33. The highest BCUT2D eigenvalue weighted by Crippen LogP contribution is 2.30. The van der Waals surface area contributed by atoms with Crippen LogP contribution in [0.25, 0.3) is 0 Å². The molecule has 1 saturated heterocycles. The van der Waals surface area contributed by atoms with E-state index in [2.05, 4.69) is 20.9 Å². The maximum atomic E-state index is 12.5. The first kappa shape index (κ1) is 16.8. The number of amides is 1. The quantitative estimate of drug-likeness (QED) is 0.774. The molecule has 1 aromatic rings. The van der Waals surface area contributed by atoms with Crippen molar-refractivity contribution in [2.45, 2.75) is 19.3 Å². The predicted octanol–water partition coefficient (Wildman–Crippen LogP) is 2.13. The van der Waals surface area contributed by atoms with Crippen LogP contribution in [0.3, 0.4) is 0 Å². The number of carbonyl (C=O) groups excluding carboxylic acids is 2. The van der Waals surface area contributed by atoms with Gasteiger partial charge in [0.1, 0.15) is 0 Å². The van der Waals surface area contributed by atoms with E-state index in [0.29, 0.717) is 25.1 Å². The largest absolute Gasteiger partial charge is 0.379 e. The van der Waals surface area contributed by atoms with E-state index in [0.717, 1.165) is 42.3 Å². The number of hydrogen-bond donors (Lipinski definition) is 3. The molecular weight excluding hydrogens is 328 g/mol. The van der Waals surface area contributed by atoms with Gasteiger partial charge in [-0.25, -0.2) is 0 Å². The first-order valence-electron chi connectivity index (χ1n) is 9.29. The summed E-state index contributed by atoms with van der Waals surface area (Å²) in [4.78, 5) is 26.9. The van der Waals surface area contributed by atoms with Crippen LogP contribution < -0.4 is 16.0 Å². The fourth-order valence-electron chi connectivity index (χ4n) is 3.68. The Morgan fingerprint density at radius 3 is 2.88 bits per heavy atom. The average molecular weight is 352 g/mol. The van der Waals surface area contributed by atoms with Crippen LogP contribution >= 0.6 is 0 Å². The number of Topliss-reactive ketones (excluding diaryl/α,β-unsaturated/α-hetero) is 1. The lowest BCUT2D eigenvalue weighted by Crippen LogP contribution is -2.33. The summed E-state index contributed by atoms with van der Waals surface area (Å²) in [6.07, 6.45) is 6.77. The Bertz CT molecular complexity index is 791. The van der Waals surface area contributed by atoms with Crippen molar-refractivity contribution in [1.29, 1.82) is 0 Å². The molecule has 1 fully saturated rings. The number of anilines is 2. The van der Waals surface area contributed by atoms with Crippen LogP contribution in [0, 0.1) is 0 Å². The third kappa shape index (κ3) is 3.51. The zero-order chi connectivity index (χ0) is 17.9. The third-order valence-electron chi connectivity index (χ3n) is 5.17. The number of nitrogens with zero attached hydrogens (tertiary/aromatic N) is 1. The number of allylic oxidation sites excluding steroid dienone is 2. The van der Waals surface area contributed by atoms with Gasteiger partial charge in [0.15, 0.2) is 5.78 Å². The first-order valence-corrected chi connectivity index (χ1v) is 9.29. The lowest BCUT2D eigenvalue weighted by molar-refractivity contribution is -0.114. The summed E-state index contributed by atoms with van der Waals surface area (Å²) in [5.74, 6) is 0.0673. The van der Waals surface area contributed by atoms with Gasteiger partial charge < -0.3 is 20.9 Å². The van der Waals surface area contributed by atoms with E-state index >= 15 is 0 Å². The Morgan fingerprint density at radius 2 is 2.04 bits per heavy atom. The summed E-state index contributed by atoms with van der Waals surface area (Å²) in [6, 6.07) is 5.56. The van der Waals surface area contributed by atoms with Crippen molar-refractivity contribution >= 4 is 23.1 Å². The van der Waals surface area contributed by atoms with Crippen LogP contribution in [-0.2, 0) is 4.79 Å². The van der Waals surface area contributed by atoms with Gasteiger partial charge in [-0.15, -0.1) is 0 Å². The van der Waals surface area contributed by atoms with Crippen LogP contribution in [0.5, 0.6) is 0 Å². The van der Waals surface area contributed by atoms with Crippen LogP contribution in [0.1, 0.15) is 29.6 Å². The van der Waals surface area contributed by atoms with Crippen molar-refractivity contribution in [3.63, 3.8) is 0 Å². The third-order valence-corrected chi connectivity index (χ3v) is 5.17. The number of likely N-dealkylation sites (tertiary alicyclic amines) is 1. The average Bonchev–Trinajstić information content (AvgIpc) is 3.08. The number of ketones is 1. The second-order valence-electron chi connectivity index (χ2n) is 6.97. The number of benzene rings is 1. The van der Waals surface area contributed by atoms with Gasteiger partial charge in [0, 0.05) is 42.9 Å². The molecular formula is C20H24N4O2. The molecule has 0 saturated carbocycles. The molecule has 1 aliphatic carbocycles. The van der Waals surface area contributed by atoms with Crippen LogP contribution in [0.4, 0.5) is 11.4 Å². The van der Waals surface area contributed by atoms with Crippen molar-refractivity contribution in [1.82, 2.24) is 10.2 Å². The van der Waals surface area contributed by atoms with Gasteiger partial charge in [-0.3, -0.25) is 9.59 Å². The molecule has 0 atom stereocenters. The summed E-state index contributed by atoms with van der Waals surface area (Å²) in [5.41, 5.74) is 3.92. The van der Waals surface area contributed by atoms with Gasteiger partial charge in [-0.1, -0.05) is 6.08 Å². The molecule has 0 bridgehead atoms. The van der Waals surface area contributed by atoms with E-state index in [1.165, 1.54) is 12.8 Å². The van der Waals surface area contributed by atoms with Gasteiger partial charge >= 0.3 is 0 Å². The number of nitrogens with one attached hydrogen (secondary N) is 3. The molecule has 136 valence electrons. The van der Waals surface area contributed by atoms with Gasteiger partial charge in [0.05, 0.1) is 11.4 Å². The maximum Gasteiger partial charge on any atom is 0.251 e. The minimum absolute atomic E-state index is 0.0671. The summed E-state index contributed by atoms with van der Waals surface area (Å²) in [7, 11) is 0. The Kier molecular flexibility index (Phi) is 4.75. The van der Waals surface area contributed by atoms with Gasteiger partial charge in [-0.2, -0.15) is 0 Å². The zero-order valence-corrected chi connectivity index (χ0v) is 14.8. The molecule has 0 radical (unpaired) electrons. The smallest absolute Gasteiger partial charge is 0.251 e. The van der Waals surface area contributed by atoms with Crippen LogP contribution in [0.15, 0.2) is 41.6 Å². The molecule has 1 amide bonds. The molecule has 2 heterocycles. The van der Waals surface area contributed by atoms with E-state index < -0.39 is 0 Å². The van der Waals surface area contributed by atoms with Crippen molar-refractivity contribution in [3.05, 3.63) is 47.2 Å². The number of carbonyl (C=O) groups is 2. The van der Waals surface area contributed by atoms with Crippen molar-refractivity contribution in [2.75, 3.05) is 43.4 Å². The van der Waals surface area contributed by atoms with E-state index in [-0.39, 0.29) is 11.7 Å². The maximum absolute atomic E-state index is 12.5. The SMILES string of the molecule is O=C1CC=CC2=C1CNc1ccc(C(=O)NCCN3CCCC3)cc1N2. The second-order valence-corrected chi connectivity index (χ2v) is 6.97. The Hall–Kier alpha value is -2.60. The molecule has 6 heteroatoms. The molecule has 3 N–H and O–H groups in total. The van der Waals surface area contributed by atoms with Gasteiger partial charge in [-0.05, 0) is 50.2 Å². The molecule has 0 aromatic heterocycles. The molecule has 1 aromatic carbocycles. The molecule has 4 rings (SSSR count). The topological polar surface area (TPSA) is 73.5 Å². The summed E-state index contributed by atoms with van der Waals surface area (Å²) in [5, 5.41) is 9.60. The fourth-order valence-corrected chi connectivity index (χ4v) is 3.68. The molecule has 0 unspecified atom stereocenters. The minimum Gasteiger partial charge on any atom is -0.379 e. The number of hydrogen-bond acceptors (Lipinski definition) is 5. The van der Waals surface area contributed by atoms with Crippen molar-refractivity contribution < 1.29 is 9.59 Å². The summed E-state index contributed by atoms with van der Waals surface area (Å²) in [6.45, 7) is 4.33. The number of fused-ring (bicyclic) bond motifs is 1. The van der Waals surface area contributed by atoms with Crippen molar-refractivity contribution in [2.24, 2.45) is 0 Å². The van der Waals surface area contributed by atoms with E-state index in [1.54, 1.807) is 0 Å². The highest BCUT2D eigenvalue weighted by Gasteiger charge is 2.21. The standard InChI is InChI=1S/C20H24N4O2/c25-19-5-3-4-16-15(19)13-22-17-7-6-14(12-18(17)23-16)20(26)21-8-11-24-9-1-2-10-24/h3-4,6-7,12,22-23H,1-2,5,8-11,13H2,(H,21,26). The van der Waals surface area contributed by atoms with E-state index in [1.807, 2.05) is 30.4 Å². The summed E-state index contributed by atoms with van der Waals surface area (Å²) < 4.78 is 0. The number of rotatable bonds is 4. The lowest BCUT2D eigenvalue weighted by Gasteiger charge is -2.15. The monoisotopic (exact) mass is 352 g/mol. The highest BCUT2D eigenvalue weighted by atomic mass is 16.1. The van der Waals surface area contributed by atoms with Crippen LogP contribution in [-0.4, -0.2) is 49.3 Å². The lowest BCUT2D eigenvalue weighted by atomic mass is 10.0. The summed E-state index contributed by atoms with van der Waals surface area (Å²) >= 11 is 0. The molecule has 3 aliphatic rings. The normalized spacial score (nSPS) is 19.3. The molecule has 2 aliphatic heterocycles. The minimum atomic E-state index is -0.0671. The van der Waals surface area contributed by atoms with Crippen molar-refractivity contribution in [3.8, 4) is 0 Å². The van der Waals surface area contributed by atoms with E-state index in [9.17, 15) is 9.59 Å². The van der Waals surface area contributed by atoms with Gasteiger partial charge in [0.2, 0.25) is 0 Å². The molecule has 0 spiro atoms. The Balaban J connectivity index is 1.44. The van der Waals surface area contributed by atoms with E-state index in [4.69, 9.17) is 0 Å². The van der Waals surface area contributed by atoms with Gasteiger partial charge in [0.25, 0.3) is 5.91 Å². The predicted molar refractivity (Wildman–Crippen MR) is 102 cm³/mol. The van der Waals surface area contributed by atoms with Crippen LogP contribution in [0.2, 0.25) is 0 Å². The fraction of sp³-hybridized carbons (Fsp3) is 0.400. The molecule has 6 nitrogen and oxygen atoms in total. The highest BCUT2D eigenvalue weighted by molar-refractivity contribution is 6.02. The zero-order valence-electron chi connectivity index (χ0n) is 14.8. The Labute approximate surface area is 153 Å². The first-order chi connectivity index (χ1) is 12.7. The Morgan fingerprint density at radius 1 is 1.19 bits per heavy atom.